The first-order valence-corrected chi connectivity index (χ1v) is 5.41. The Balaban J connectivity index is 1.74. The number of hydrogen-bond acceptors (Lipinski definition) is 3. The van der Waals surface area contributed by atoms with Gasteiger partial charge < -0.3 is 10.8 Å². The minimum atomic E-state index is -0.320. The van der Waals surface area contributed by atoms with Crippen LogP contribution in [0, 0.1) is 5.92 Å². The van der Waals surface area contributed by atoms with Gasteiger partial charge in [-0.3, -0.25) is 4.90 Å². The average Bonchev–Trinajstić information content (AvgIpc) is 2.96. The van der Waals surface area contributed by atoms with Crippen molar-refractivity contribution in [1.82, 2.24) is 4.90 Å². The fourth-order valence-corrected chi connectivity index (χ4v) is 1.79. The van der Waals surface area contributed by atoms with E-state index in [4.69, 9.17) is 5.73 Å². The number of nitrogens with zero attached hydrogens (tertiary/aromatic N) is 1. The van der Waals surface area contributed by atoms with E-state index in [0.29, 0.717) is 6.54 Å². The Kier molecular flexibility index (Phi) is 2.86. The highest BCUT2D eigenvalue weighted by molar-refractivity contribution is 4.89. The van der Waals surface area contributed by atoms with E-state index in [0.717, 1.165) is 18.5 Å². The van der Waals surface area contributed by atoms with E-state index in [1.807, 2.05) is 0 Å². The molecule has 2 saturated carbocycles. The van der Waals surface area contributed by atoms with Gasteiger partial charge in [0.25, 0.3) is 0 Å². The molecule has 2 aliphatic rings. The second-order valence-electron chi connectivity index (χ2n) is 4.52. The quantitative estimate of drug-likeness (QED) is 0.619. The number of rotatable bonds is 6. The minimum Gasteiger partial charge on any atom is -0.390 e. The molecule has 76 valence electrons. The van der Waals surface area contributed by atoms with Gasteiger partial charge in [-0.1, -0.05) is 0 Å². The Morgan fingerprint density at radius 2 is 2.00 bits per heavy atom. The molecule has 0 amide bonds. The summed E-state index contributed by atoms with van der Waals surface area (Å²) in [6.07, 6.45) is 5.11. The molecular formula is C10H20N2O. The summed E-state index contributed by atoms with van der Waals surface area (Å²) >= 11 is 0. The topological polar surface area (TPSA) is 49.5 Å². The smallest absolute Gasteiger partial charge is 0.0789 e. The Morgan fingerprint density at radius 3 is 2.46 bits per heavy atom. The van der Waals surface area contributed by atoms with Crippen LogP contribution in [0.1, 0.15) is 25.7 Å². The van der Waals surface area contributed by atoms with Crippen molar-refractivity contribution in [2.45, 2.75) is 37.8 Å². The zero-order valence-electron chi connectivity index (χ0n) is 8.15. The molecule has 3 nitrogen and oxygen atoms in total. The molecule has 3 heteroatoms. The Morgan fingerprint density at radius 1 is 1.31 bits per heavy atom. The molecule has 0 bridgehead atoms. The van der Waals surface area contributed by atoms with Crippen molar-refractivity contribution in [2.24, 2.45) is 11.7 Å². The van der Waals surface area contributed by atoms with Gasteiger partial charge in [-0.25, -0.2) is 0 Å². The maximum atomic E-state index is 9.47. The van der Waals surface area contributed by atoms with E-state index in [9.17, 15) is 5.11 Å². The summed E-state index contributed by atoms with van der Waals surface area (Å²) in [4.78, 5) is 2.44. The van der Waals surface area contributed by atoms with Gasteiger partial charge in [0, 0.05) is 25.7 Å². The van der Waals surface area contributed by atoms with Crippen LogP contribution in [0.5, 0.6) is 0 Å². The Labute approximate surface area is 79.9 Å². The standard InChI is InChI=1S/C10H20N2O/c11-5-10(13)7-12(9-3-4-9)6-8-1-2-8/h8-10,13H,1-7,11H2. The average molecular weight is 184 g/mol. The molecule has 0 aliphatic heterocycles. The van der Waals surface area contributed by atoms with Crippen LogP contribution in [0.3, 0.4) is 0 Å². The third kappa shape index (κ3) is 2.93. The van der Waals surface area contributed by atoms with Gasteiger partial charge in [-0.15, -0.1) is 0 Å². The molecule has 3 N–H and O–H groups in total. The van der Waals surface area contributed by atoms with Gasteiger partial charge in [0.2, 0.25) is 0 Å². The molecule has 0 spiro atoms. The highest BCUT2D eigenvalue weighted by Gasteiger charge is 2.34. The number of nitrogens with two attached hydrogens (primary N) is 1. The minimum absolute atomic E-state index is 0.320. The van der Waals surface area contributed by atoms with Crippen LogP contribution >= 0.6 is 0 Å². The van der Waals surface area contributed by atoms with Crippen molar-refractivity contribution in [3.8, 4) is 0 Å². The van der Waals surface area contributed by atoms with Crippen LogP contribution in [0.4, 0.5) is 0 Å². The largest absolute Gasteiger partial charge is 0.390 e. The molecule has 0 heterocycles. The summed E-state index contributed by atoms with van der Waals surface area (Å²) in [7, 11) is 0. The summed E-state index contributed by atoms with van der Waals surface area (Å²) in [5, 5.41) is 9.47. The number of hydrogen-bond donors (Lipinski definition) is 2. The van der Waals surface area contributed by atoms with E-state index < -0.39 is 0 Å². The molecule has 0 radical (unpaired) electrons. The summed E-state index contributed by atoms with van der Waals surface area (Å²) in [5.74, 6) is 0.922. The van der Waals surface area contributed by atoms with Gasteiger partial charge in [0.05, 0.1) is 6.10 Å². The van der Waals surface area contributed by atoms with Crippen molar-refractivity contribution in [3.05, 3.63) is 0 Å². The number of aliphatic hydroxyl groups excluding tert-OH is 1. The fourth-order valence-electron chi connectivity index (χ4n) is 1.79. The summed E-state index contributed by atoms with van der Waals surface area (Å²) in [6, 6.07) is 0.766. The molecule has 2 fully saturated rings. The van der Waals surface area contributed by atoms with Gasteiger partial charge in [-0.2, -0.15) is 0 Å². The molecule has 13 heavy (non-hydrogen) atoms. The molecule has 0 aromatic rings. The zero-order chi connectivity index (χ0) is 9.26. The highest BCUT2D eigenvalue weighted by atomic mass is 16.3. The van der Waals surface area contributed by atoms with E-state index in [2.05, 4.69) is 4.90 Å². The second-order valence-corrected chi connectivity index (χ2v) is 4.52. The maximum Gasteiger partial charge on any atom is 0.0789 e. The predicted molar refractivity (Wildman–Crippen MR) is 52.4 cm³/mol. The molecule has 2 rings (SSSR count). The monoisotopic (exact) mass is 184 g/mol. The third-order valence-corrected chi connectivity index (χ3v) is 2.97. The molecule has 0 saturated heterocycles. The van der Waals surface area contributed by atoms with Crippen LogP contribution in [0.25, 0.3) is 0 Å². The second kappa shape index (κ2) is 3.95. The normalized spacial score (nSPS) is 25.2. The lowest BCUT2D eigenvalue weighted by atomic mass is 10.3. The van der Waals surface area contributed by atoms with Crippen molar-refractivity contribution in [3.63, 3.8) is 0 Å². The zero-order valence-corrected chi connectivity index (χ0v) is 8.15. The summed E-state index contributed by atoms with van der Waals surface area (Å²) in [5.41, 5.74) is 5.41. The first kappa shape index (κ1) is 9.44. The van der Waals surface area contributed by atoms with E-state index >= 15 is 0 Å². The lowest BCUT2D eigenvalue weighted by molar-refractivity contribution is 0.111. The molecule has 0 aromatic carbocycles. The van der Waals surface area contributed by atoms with Gasteiger partial charge in [-0.05, 0) is 31.6 Å². The first-order chi connectivity index (χ1) is 6.29. The highest BCUT2D eigenvalue weighted by Crippen LogP contribution is 2.34. The third-order valence-electron chi connectivity index (χ3n) is 2.97. The molecule has 1 atom stereocenters. The lowest BCUT2D eigenvalue weighted by Crippen LogP contribution is -2.38. The van der Waals surface area contributed by atoms with E-state index in [1.165, 1.54) is 32.2 Å². The van der Waals surface area contributed by atoms with E-state index in [-0.39, 0.29) is 6.10 Å². The molecular weight excluding hydrogens is 164 g/mol. The van der Waals surface area contributed by atoms with Crippen molar-refractivity contribution < 1.29 is 5.11 Å². The van der Waals surface area contributed by atoms with E-state index in [1.54, 1.807) is 0 Å². The summed E-state index contributed by atoms with van der Waals surface area (Å²) in [6.45, 7) is 2.38. The van der Waals surface area contributed by atoms with Crippen LogP contribution < -0.4 is 5.73 Å². The van der Waals surface area contributed by atoms with Crippen LogP contribution in [-0.4, -0.2) is 41.8 Å². The Hall–Kier alpha value is -0.120. The predicted octanol–water partition coefficient (Wildman–Crippen LogP) is 0.180. The SMILES string of the molecule is NCC(O)CN(CC1CC1)C1CC1. The molecule has 2 aliphatic carbocycles. The fraction of sp³-hybridized carbons (Fsp3) is 1.00. The first-order valence-electron chi connectivity index (χ1n) is 5.41. The van der Waals surface area contributed by atoms with Gasteiger partial charge in [0.15, 0.2) is 0 Å². The Bertz CT molecular complexity index is 166. The van der Waals surface area contributed by atoms with Crippen molar-refractivity contribution in [1.29, 1.82) is 0 Å². The van der Waals surface area contributed by atoms with Crippen LogP contribution in [-0.2, 0) is 0 Å². The van der Waals surface area contributed by atoms with Gasteiger partial charge >= 0.3 is 0 Å². The van der Waals surface area contributed by atoms with Crippen molar-refractivity contribution >= 4 is 0 Å². The molecule has 0 aromatic heterocycles. The van der Waals surface area contributed by atoms with Crippen LogP contribution in [0.2, 0.25) is 0 Å². The van der Waals surface area contributed by atoms with Crippen LogP contribution in [0.15, 0.2) is 0 Å². The van der Waals surface area contributed by atoms with Gasteiger partial charge in [0.1, 0.15) is 0 Å². The lowest BCUT2D eigenvalue weighted by Gasteiger charge is -2.24. The summed E-state index contributed by atoms with van der Waals surface area (Å²) < 4.78 is 0. The van der Waals surface area contributed by atoms with Crippen molar-refractivity contribution in [2.75, 3.05) is 19.6 Å². The maximum absolute atomic E-state index is 9.47. The molecule has 1 unspecified atom stereocenters. The number of aliphatic hydroxyl groups is 1.